The Morgan fingerprint density at radius 1 is 1.15 bits per heavy atom. The van der Waals surface area contributed by atoms with E-state index in [-0.39, 0.29) is 17.2 Å². The molecule has 2 N–H and O–H groups in total. The molecule has 1 aliphatic heterocycles. The molecule has 4 rings (SSSR count). The SMILES string of the molecule is CCC1N=C(c2ccc(F)cc2)c2cc(F)c(C(C)NS(=O)O)cc2-c2cn(C)c(=O)cc21. The van der Waals surface area contributed by atoms with Gasteiger partial charge < -0.3 is 4.57 Å². The van der Waals surface area contributed by atoms with Gasteiger partial charge in [0.1, 0.15) is 11.6 Å². The van der Waals surface area contributed by atoms with Crippen molar-refractivity contribution in [2.45, 2.75) is 32.4 Å². The average molecular weight is 472 g/mol. The maximum absolute atomic E-state index is 15.3. The second-order valence-corrected chi connectivity index (χ2v) is 8.74. The molecule has 0 spiro atoms. The predicted octanol–water partition coefficient (Wildman–Crippen LogP) is 4.42. The summed E-state index contributed by atoms with van der Waals surface area (Å²) in [6, 6.07) is 9.20. The number of hydrogen-bond acceptors (Lipinski definition) is 3. The molecule has 172 valence electrons. The van der Waals surface area contributed by atoms with Crippen LogP contribution in [0.15, 0.2) is 58.4 Å². The third-order valence-corrected chi connectivity index (χ3v) is 6.39. The number of nitrogens with one attached hydrogen (secondary N) is 1. The van der Waals surface area contributed by atoms with E-state index < -0.39 is 28.9 Å². The highest BCUT2D eigenvalue weighted by molar-refractivity contribution is 7.77. The number of benzene rings is 2. The summed E-state index contributed by atoms with van der Waals surface area (Å²) >= 11 is -2.33. The van der Waals surface area contributed by atoms with Crippen LogP contribution in [0.25, 0.3) is 11.1 Å². The number of fused-ring (bicyclic) bond motifs is 3. The Hall–Kier alpha value is -3.01. The molecule has 3 unspecified atom stereocenters. The van der Waals surface area contributed by atoms with Crippen molar-refractivity contribution in [3.8, 4) is 11.1 Å². The van der Waals surface area contributed by atoms with Gasteiger partial charge in [-0.15, -0.1) is 0 Å². The minimum absolute atomic E-state index is 0.192. The molecule has 0 radical (unpaired) electrons. The van der Waals surface area contributed by atoms with E-state index in [2.05, 4.69) is 4.72 Å². The number of rotatable bonds is 5. The van der Waals surface area contributed by atoms with Gasteiger partial charge in [0.25, 0.3) is 5.56 Å². The highest BCUT2D eigenvalue weighted by Crippen LogP contribution is 2.40. The van der Waals surface area contributed by atoms with Crippen molar-refractivity contribution in [1.29, 1.82) is 0 Å². The van der Waals surface area contributed by atoms with E-state index in [0.717, 1.165) is 5.56 Å². The summed E-state index contributed by atoms with van der Waals surface area (Å²) in [7, 11) is 1.64. The average Bonchev–Trinajstić information content (AvgIpc) is 2.88. The topological polar surface area (TPSA) is 83.7 Å². The van der Waals surface area contributed by atoms with Crippen LogP contribution in [0.1, 0.15) is 54.6 Å². The summed E-state index contributed by atoms with van der Waals surface area (Å²) in [5.74, 6) is -0.972. The molecule has 1 aliphatic rings. The van der Waals surface area contributed by atoms with Gasteiger partial charge >= 0.3 is 0 Å². The molecule has 1 aromatic heterocycles. The maximum atomic E-state index is 15.3. The smallest absolute Gasteiger partial charge is 0.250 e. The lowest BCUT2D eigenvalue weighted by atomic mass is 9.89. The second-order valence-electron chi connectivity index (χ2n) is 8.01. The van der Waals surface area contributed by atoms with Crippen molar-refractivity contribution in [2.75, 3.05) is 0 Å². The van der Waals surface area contributed by atoms with Crippen LogP contribution < -0.4 is 10.3 Å². The Labute approximate surface area is 192 Å². The number of pyridine rings is 1. The van der Waals surface area contributed by atoms with Crippen LogP contribution in [0, 0.1) is 11.6 Å². The van der Waals surface area contributed by atoms with E-state index in [4.69, 9.17) is 4.99 Å². The van der Waals surface area contributed by atoms with E-state index in [9.17, 15) is 17.9 Å². The monoisotopic (exact) mass is 471 g/mol. The summed E-state index contributed by atoms with van der Waals surface area (Å²) in [4.78, 5) is 17.3. The zero-order valence-electron chi connectivity index (χ0n) is 18.3. The highest BCUT2D eigenvalue weighted by atomic mass is 32.2. The molecular formula is C24H23F2N3O3S. The first kappa shape index (κ1) is 23.2. The largest absolute Gasteiger partial charge is 0.318 e. The molecule has 0 saturated carbocycles. The minimum atomic E-state index is -2.33. The molecule has 9 heteroatoms. The summed E-state index contributed by atoms with van der Waals surface area (Å²) in [6.07, 6.45) is 2.29. The van der Waals surface area contributed by atoms with Crippen LogP contribution in [0.3, 0.4) is 0 Å². The van der Waals surface area contributed by atoms with Gasteiger partial charge in [0.05, 0.1) is 11.8 Å². The molecule has 0 saturated heterocycles. The molecule has 6 nitrogen and oxygen atoms in total. The standard InChI is InChI=1S/C24H23F2N3O3S/c1-4-22-18-11-23(30)29(3)12-20(18)17-9-16(13(2)28-33(31)32)21(26)10-19(17)24(27-22)14-5-7-15(25)8-6-14/h5-13,22,28H,4H2,1-3H3,(H,31,32). The van der Waals surface area contributed by atoms with Crippen LogP contribution >= 0.6 is 0 Å². The van der Waals surface area contributed by atoms with E-state index in [0.29, 0.717) is 34.4 Å². The van der Waals surface area contributed by atoms with Crippen LogP contribution in [0.4, 0.5) is 8.78 Å². The summed E-state index contributed by atoms with van der Waals surface area (Å²) in [6.45, 7) is 3.53. The van der Waals surface area contributed by atoms with Gasteiger partial charge in [0.15, 0.2) is 0 Å². The van der Waals surface area contributed by atoms with Gasteiger partial charge in [0, 0.05) is 47.6 Å². The van der Waals surface area contributed by atoms with Crippen molar-refractivity contribution in [2.24, 2.45) is 12.0 Å². The fourth-order valence-corrected chi connectivity index (χ4v) is 4.57. The number of aryl methyl sites for hydroxylation is 1. The van der Waals surface area contributed by atoms with E-state index in [1.165, 1.54) is 28.8 Å². The zero-order valence-corrected chi connectivity index (χ0v) is 19.1. The van der Waals surface area contributed by atoms with Gasteiger partial charge in [-0.1, -0.05) is 6.92 Å². The van der Waals surface area contributed by atoms with Crippen LogP contribution in [-0.2, 0) is 18.3 Å². The fraction of sp³-hybridized carbons (Fsp3) is 0.250. The van der Waals surface area contributed by atoms with Crippen LogP contribution in [-0.4, -0.2) is 19.0 Å². The first-order valence-electron chi connectivity index (χ1n) is 10.4. The number of hydrogen-bond donors (Lipinski definition) is 2. The molecule has 2 aromatic carbocycles. The van der Waals surface area contributed by atoms with Crippen molar-refractivity contribution < 1.29 is 17.5 Å². The van der Waals surface area contributed by atoms with Crippen molar-refractivity contribution in [3.05, 3.63) is 92.9 Å². The van der Waals surface area contributed by atoms with Crippen LogP contribution in [0.2, 0.25) is 0 Å². The van der Waals surface area contributed by atoms with Crippen molar-refractivity contribution in [1.82, 2.24) is 9.29 Å². The third kappa shape index (κ3) is 4.44. The summed E-state index contributed by atoms with van der Waals surface area (Å²) < 4.78 is 53.2. The number of aromatic nitrogens is 1. The Kier molecular flexibility index (Phi) is 6.38. The molecule has 0 bridgehead atoms. The highest BCUT2D eigenvalue weighted by Gasteiger charge is 2.27. The second kappa shape index (κ2) is 9.09. The number of halogens is 2. The fourth-order valence-electron chi connectivity index (χ4n) is 4.14. The van der Waals surface area contributed by atoms with E-state index in [1.54, 1.807) is 38.4 Å². The lowest BCUT2D eigenvalue weighted by Crippen LogP contribution is -2.22. The van der Waals surface area contributed by atoms with Gasteiger partial charge in [-0.2, -0.15) is 0 Å². The molecule has 33 heavy (non-hydrogen) atoms. The molecule has 0 amide bonds. The lowest BCUT2D eigenvalue weighted by molar-refractivity contribution is 0.526. The van der Waals surface area contributed by atoms with Gasteiger partial charge in [-0.25, -0.2) is 17.7 Å². The van der Waals surface area contributed by atoms with Gasteiger partial charge in [0.2, 0.25) is 11.3 Å². The number of nitrogens with zero attached hydrogens (tertiary/aromatic N) is 2. The van der Waals surface area contributed by atoms with E-state index in [1.807, 2.05) is 6.92 Å². The first-order valence-corrected chi connectivity index (χ1v) is 11.6. The Balaban J connectivity index is 2.05. The summed E-state index contributed by atoms with van der Waals surface area (Å²) in [5, 5.41) is 0. The van der Waals surface area contributed by atoms with Gasteiger partial charge in [-0.05, 0) is 60.9 Å². The van der Waals surface area contributed by atoms with Crippen LogP contribution in [0.5, 0.6) is 0 Å². The third-order valence-electron chi connectivity index (χ3n) is 5.83. The Bertz CT molecular complexity index is 1340. The van der Waals surface area contributed by atoms with E-state index >= 15 is 4.39 Å². The molecule has 0 aliphatic carbocycles. The Morgan fingerprint density at radius 3 is 2.48 bits per heavy atom. The lowest BCUT2D eigenvalue weighted by Gasteiger charge is -2.18. The minimum Gasteiger partial charge on any atom is -0.318 e. The first-order chi connectivity index (χ1) is 15.7. The Morgan fingerprint density at radius 2 is 1.85 bits per heavy atom. The molecule has 3 atom stereocenters. The van der Waals surface area contributed by atoms with Crippen molar-refractivity contribution in [3.63, 3.8) is 0 Å². The molecule has 3 aromatic rings. The number of aliphatic imine (C=N–C) groups is 1. The summed E-state index contributed by atoms with van der Waals surface area (Å²) in [5.41, 5.74) is 3.67. The predicted molar refractivity (Wildman–Crippen MR) is 124 cm³/mol. The quantitative estimate of drug-likeness (QED) is 0.541. The molecule has 0 fully saturated rings. The normalized spacial score (nSPS) is 16.9. The van der Waals surface area contributed by atoms with Gasteiger partial charge in [-0.3, -0.25) is 14.3 Å². The molecule has 2 heterocycles. The molecular weight excluding hydrogens is 448 g/mol. The van der Waals surface area contributed by atoms with Crippen molar-refractivity contribution >= 4 is 17.0 Å². The zero-order chi connectivity index (χ0) is 23.9. The maximum Gasteiger partial charge on any atom is 0.250 e.